The zero-order valence-electron chi connectivity index (χ0n) is 17.0. The largest absolute Gasteiger partial charge is 0.573 e. The molecule has 1 heterocycles. The van der Waals surface area contributed by atoms with Crippen LogP contribution in [-0.4, -0.2) is 44.6 Å². The van der Waals surface area contributed by atoms with E-state index >= 15 is 0 Å². The number of hydrogen-bond donors (Lipinski definition) is 1. The van der Waals surface area contributed by atoms with Gasteiger partial charge in [0.15, 0.2) is 0 Å². The highest BCUT2D eigenvalue weighted by Gasteiger charge is 2.31. The van der Waals surface area contributed by atoms with Crippen molar-refractivity contribution in [3.05, 3.63) is 54.1 Å². The summed E-state index contributed by atoms with van der Waals surface area (Å²) in [5.41, 5.74) is 1.10. The first-order valence-corrected chi connectivity index (χ1v) is 9.34. The molecule has 0 unspecified atom stereocenters. The molecule has 0 atom stereocenters. The number of alkyl halides is 3. The van der Waals surface area contributed by atoms with Gasteiger partial charge in [-0.15, -0.1) is 23.4 Å². The van der Waals surface area contributed by atoms with Crippen molar-refractivity contribution < 1.29 is 32.2 Å². The van der Waals surface area contributed by atoms with Crippen molar-refractivity contribution >= 4 is 17.6 Å². The van der Waals surface area contributed by atoms with Crippen LogP contribution in [0.3, 0.4) is 0 Å². The average molecular weight is 449 g/mol. The molecule has 1 aromatic heterocycles. The topological polar surface area (TPSA) is 108 Å². The lowest BCUT2D eigenvalue weighted by Crippen LogP contribution is -2.20. The number of anilines is 1. The second kappa shape index (κ2) is 9.45. The Balaban J connectivity index is 1.61. The van der Waals surface area contributed by atoms with Crippen molar-refractivity contribution in [2.24, 2.45) is 0 Å². The van der Waals surface area contributed by atoms with Crippen molar-refractivity contribution in [1.82, 2.24) is 20.2 Å². The minimum absolute atomic E-state index is 0.200. The van der Waals surface area contributed by atoms with Crippen molar-refractivity contribution in [2.45, 2.75) is 32.9 Å². The van der Waals surface area contributed by atoms with Gasteiger partial charge in [0, 0.05) is 11.3 Å². The number of carbonyl (C=O) groups is 2. The summed E-state index contributed by atoms with van der Waals surface area (Å²) in [6.45, 7) is 3.19. The lowest BCUT2D eigenvalue weighted by Gasteiger charge is -2.09. The minimum atomic E-state index is -4.80. The van der Waals surface area contributed by atoms with Gasteiger partial charge in [-0.3, -0.25) is 4.79 Å². The highest BCUT2D eigenvalue weighted by molar-refractivity contribution is 5.91. The molecule has 0 aliphatic rings. The fourth-order valence-electron chi connectivity index (χ4n) is 2.56. The zero-order valence-corrected chi connectivity index (χ0v) is 17.0. The molecule has 9 nitrogen and oxygen atoms in total. The monoisotopic (exact) mass is 449 g/mol. The molecule has 1 N–H and O–H groups in total. The predicted molar refractivity (Wildman–Crippen MR) is 106 cm³/mol. The van der Waals surface area contributed by atoms with Crippen LogP contribution < -0.4 is 10.1 Å². The number of rotatable bonds is 7. The molecule has 0 bridgehead atoms. The third kappa shape index (κ3) is 6.52. The molecule has 12 heteroatoms. The molecule has 32 heavy (non-hydrogen) atoms. The maximum absolute atomic E-state index is 12.2. The van der Waals surface area contributed by atoms with Crippen LogP contribution in [0.15, 0.2) is 48.5 Å². The molecular weight excluding hydrogens is 431 g/mol. The van der Waals surface area contributed by atoms with E-state index in [4.69, 9.17) is 4.74 Å². The van der Waals surface area contributed by atoms with E-state index in [1.807, 2.05) is 0 Å². The molecule has 0 fully saturated rings. The van der Waals surface area contributed by atoms with Gasteiger partial charge in [0.2, 0.25) is 11.7 Å². The van der Waals surface area contributed by atoms with E-state index < -0.39 is 24.0 Å². The summed E-state index contributed by atoms with van der Waals surface area (Å²) in [6.07, 6.45) is -5.06. The number of carbonyl (C=O) groups excluding carboxylic acids is 2. The number of hydrogen-bond acceptors (Lipinski definition) is 7. The first kappa shape index (κ1) is 22.7. The molecule has 168 valence electrons. The molecule has 0 spiro atoms. The van der Waals surface area contributed by atoms with Gasteiger partial charge in [0.1, 0.15) is 12.3 Å². The van der Waals surface area contributed by atoms with E-state index in [1.54, 1.807) is 38.1 Å². The zero-order chi connectivity index (χ0) is 23.3. The van der Waals surface area contributed by atoms with Crippen LogP contribution in [0.25, 0.3) is 11.4 Å². The number of benzene rings is 2. The van der Waals surface area contributed by atoms with Gasteiger partial charge in [-0.25, -0.2) is 4.79 Å². The van der Waals surface area contributed by atoms with Crippen LogP contribution in [0, 0.1) is 0 Å². The Morgan fingerprint density at radius 1 is 1.12 bits per heavy atom. The number of ether oxygens (including phenoxy) is 2. The fraction of sp³-hybridized carbons (Fsp3) is 0.250. The van der Waals surface area contributed by atoms with Crippen LogP contribution in [0.1, 0.15) is 24.2 Å². The van der Waals surface area contributed by atoms with Crippen molar-refractivity contribution in [3.63, 3.8) is 0 Å². The van der Waals surface area contributed by atoms with Crippen LogP contribution in [0.5, 0.6) is 5.75 Å². The van der Waals surface area contributed by atoms with E-state index in [0.717, 1.165) is 16.9 Å². The van der Waals surface area contributed by atoms with Gasteiger partial charge < -0.3 is 14.8 Å². The van der Waals surface area contributed by atoms with Gasteiger partial charge in [0.25, 0.3) is 0 Å². The van der Waals surface area contributed by atoms with E-state index in [-0.39, 0.29) is 24.2 Å². The second-order valence-electron chi connectivity index (χ2n) is 6.80. The molecule has 3 aromatic rings. The highest BCUT2D eigenvalue weighted by Crippen LogP contribution is 2.24. The third-order valence-corrected chi connectivity index (χ3v) is 3.81. The number of tetrazole rings is 1. The standard InChI is InChI=1S/C20H18F3N5O4/c1-12(2)31-19(30)14-5-3-4-13(10-14)18-25-27-28(26-18)11-17(29)24-15-6-8-16(9-7-15)32-20(21,22)23/h3-10,12H,11H2,1-2H3,(H,24,29). The van der Waals surface area contributed by atoms with E-state index in [1.165, 1.54) is 12.1 Å². The normalized spacial score (nSPS) is 11.3. The van der Waals surface area contributed by atoms with Crippen LogP contribution in [-0.2, 0) is 16.1 Å². The van der Waals surface area contributed by atoms with E-state index in [2.05, 4.69) is 25.5 Å². The number of halogens is 3. The Morgan fingerprint density at radius 2 is 1.84 bits per heavy atom. The summed E-state index contributed by atoms with van der Waals surface area (Å²) in [6, 6.07) is 11.2. The number of aromatic nitrogens is 4. The van der Waals surface area contributed by atoms with Gasteiger partial charge in [-0.2, -0.15) is 4.80 Å². The first-order valence-electron chi connectivity index (χ1n) is 9.34. The van der Waals surface area contributed by atoms with E-state index in [0.29, 0.717) is 11.1 Å². The summed E-state index contributed by atoms with van der Waals surface area (Å²) < 4.78 is 45.5. The summed E-state index contributed by atoms with van der Waals surface area (Å²) >= 11 is 0. The summed E-state index contributed by atoms with van der Waals surface area (Å²) in [5, 5.41) is 14.3. The molecule has 0 saturated heterocycles. The molecule has 2 aromatic carbocycles. The predicted octanol–water partition coefficient (Wildman–Crippen LogP) is 3.44. The molecular formula is C20H18F3N5O4. The average Bonchev–Trinajstić information content (AvgIpc) is 3.16. The van der Waals surface area contributed by atoms with E-state index in [9.17, 15) is 22.8 Å². The molecule has 0 radical (unpaired) electrons. The molecule has 3 rings (SSSR count). The Labute approximate surface area is 180 Å². The fourth-order valence-corrected chi connectivity index (χ4v) is 2.56. The minimum Gasteiger partial charge on any atom is -0.459 e. The van der Waals surface area contributed by atoms with Crippen LogP contribution >= 0.6 is 0 Å². The number of amides is 1. The number of esters is 1. The van der Waals surface area contributed by atoms with Gasteiger partial charge in [0.05, 0.1) is 11.7 Å². The van der Waals surface area contributed by atoms with Gasteiger partial charge >= 0.3 is 12.3 Å². The maximum atomic E-state index is 12.2. The third-order valence-electron chi connectivity index (χ3n) is 3.81. The van der Waals surface area contributed by atoms with Gasteiger partial charge in [-0.1, -0.05) is 12.1 Å². The molecule has 0 aliphatic carbocycles. The van der Waals surface area contributed by atoms with Crippen molar-refractivity contribution in [1.29, 1.82) is 0 Å². The SMILES string of the molecule is CC(C)OC(=O)c1cccc(-c2nnn(CC(=O)Nc3ccc(OC(F)(F)F)cc3)n2)c1. The maximum Gasteiger partial charge on any atom is 0.573 e. The second-order valence-corrected chi connectivity index (χ2v) is 6.80. The van der Waals surface area contributed by atoms with Crippen LogP contribution in [0.4, 0.5) is 18.9 Å². The summed E-state index contributed by atoms with van der Waals surface area (Å²) in [7, 11) is 0. The van der Waals surface area contributed by atoms with Crippen molar-refractivity contribution in [2.75, 3.05) is 5.32 Å². The molecule has 0 aliphatic heterocycles. The Bertz CT molecular complexity index is 1100. The lowest BCUT2D eigenvalue weighted by atomic mass is 10.1. The number of nitrogens with zero attached hydrogens (tertiary/aromatic N) is 4. The number of nitrogens with one attached hydrogen (secondary N) is 1. The Hall–Kier alpha value is -3.96. The summed E-state index contributed by atoms with van der Waals surface area (Å²) in [5.74, 6) is -1.21. The van der Waals surface area contributed by atoms with Crippen LogP contribution in [0.2, 0.25) is 0 Å². The molecule has 1 amide bonds. The lowest BCUT2D eigenvalue weighted by molar-refractivity contribution is -0.274. The van der Waals surface area contributed by atoms with Crippen molar-refractivity contribution in [3.8, 4) is 17.1 Å². The van der Waals surface area contributed by atoms with Gasteiger partial charge in [-0.05, 0) is 55.5 Å². The smallest absolute Gasteiger partial charge is 0.459 e. The summed E-state index contributed by atoms with van der Waals surface area (Å²) in [4.78, 5) is 25.3. The molecule has 0 saturated carbocycles. The Kier molecular flexibility index (Phi) is 6.71. The quantitative estimate of drug-likeness (QED) is 0.551. The highest BCUT2D eigenvalue weighted by atomic mass is 19.4. The first-order chi connectivity index (χ1) is 15.1. The Morgan fingerprint density at radius 3 is 2.50 bits per heavy atom.